The lowest BCUT2D eigenvalue weighted by Gasteiger charge is -2.41. The van der Waals surface area contributed by atoms with Gasteiger partial charge in [0.15, 0.2) is 0 Å². The molecule has 0 aromatic carbocycles. The van der Waals surface area contributed by atoms with Crippen molar-refractivity contribution in [1.82, 2.24) is 0 Å². The molecule has 126 valence electrons. The van der Waals surface area contributed by atoms with Gasteiger partial charge in [-0.1, -0.05) is 18.6 Å². The first-order valence-electron chi connectivity index (χ1n) is 7.27. The van der Waals surface area contributed by atoms with Gasteiger partial charge in [0.2, 0.25) is 0 Å². The van der Waals surface area contributed by atoms with E-state index in [1.165, 1.54) is 5.57 Å². The minimum Gasteiger partial charge on any atom is -0.465 e. The molecule has 0 heterocycles. The SMILES string of the molecule is CC1C=C2CCCC(C(=O)OCCC(F)(F)S(=O)(=O)O)(C2)C1. The number of carbonyl (C=O) groups excluding carboxylic acids is 1. The largest absolute Gasteiger partial charge is 0.465 e. The van der Waals surface area contributed by atoms with Crippen LogP contribution in [0.2, 0.25) is 0 Å². The zero-order chi connectivity index (χ0) is 16.6. The van der Waals surface area contributed by atoms with Crippen molar-refractivity contribution >= 4 is 16.1 Å². The second-order valence-electron chi connectivity index (χ2n) is 6.32. The zero-order valence-corrected chi connectivity index (χ0v) is 13.2. The highest BCUT2D eigenvalue weighted by Crippen LogP contribution is 2.48. The van der Waals surface area contributed by atoms with Crippen molar-refractivity contribution in [2.45, 2.75) is 50.7 Å². The van der Waals surface area contributed by atoms with Crippen molar-refractivity contribution in [3.63, 3.8) is 0 Å². The Bertz CT molecular complexity index is 584. The van der Waals surface area contributed by atoms with Crippen LogP contribution in [-0.4, -0.2) is 30.8 Å². The first-order chi connectivity index (χ1) is 10.1. The average molecular weight is 338 g/mol. The van der Waals surface area contributed by atoms with Crippen LogP contribution in [-0.2, 0) is 19.6 Å². The van der Waals surface area contributed by atoms with Crippen molar-refractivity contribution < 1.29 is 31.3 Å². The summed E-state index contributed by atoms with van der Waals surface area (Å²) in [5, 5.41) is -4.30. The van der Waals surface area contributed by atoms with Gasteiger partial charge >= 0.3 is 21.3 Å². The first kappa shape index (κ1) is 17.3. The van der Waals surface area contributed by atoms with Gasteiger partial charge in [-0.05, 0) is 38.0 Å². The molecule has 8 heteroatoms. The highest BCUT2D eigenvalue weighted by atomic mass is 32.2. The molecule has 0 saturated heterocycles. The third-order valence-corrected chi connectivity index (χ3v) is 5.35. The van der Waals surface area contributed by atoms with E-state index in [4.69, 9.17) is 9.29 Å². The number of allylic oxidation sites excluding steroid dienone is 2. The molecular formula is C14H20F2O5S. The highest BCUT2D eigenvalue weighted by Gasteiger charge is 2.47. The van der Waals surface area contributed by atoms with Crippen molar-refractivity contribution in [2.24, 2.45) is 11.3 Å². The minimum absolute atomic E-state index is 0.232. The van der Waals surface area contributed by atoms with Crippen LogP contribution in [0.15, 0.2) is 11.6 Å². The number of esters is 1. The quantitative estimate of drug-likeness (QED) is 0.473. The summed E-state index contributed by atoms with van der Waals surface area (Å²) in [7, 11) is -5.49. The summed E-state index contributed by atoms with van der Waals surface area (Å²) in [5.41, 5.74) is 0.528. The summed E-state index contributed by atoms with van der Waals surface area (Å²) < 4.78 is 60.5. The van der Waals surface area contributed by atoms with Gasteiger partial charge in [-0.25, -0.2) is 0 Å². The van der Waals surface area contributed by atoms with Crippen LogP contribution in [0.4, 0.5) is 8.78 Å². The Kier molecular flexibility index (Phi) is 4.64. The highest BCUT2D eigenvalue weighted by molar-refractivity contribution is 7.86. The molecule has 1 N–H and O–H groups in total. The van der Waals surface area contributed by atoms with Crippen LogP contribution in [0.5, 0.6) is 0 Å². The second kappa shape index (κ2) is 5.88. The van der Waals surface area contributed by atoms with E-state index in [9.17, 15) is 22.0 Å². The Hall–Kier alpha value is -1.02. The van der Waals surface area contributed by atoms with E-state index < -0.39 is 39.8 Å². The van der Waals surface area contributed by atoms with Crippen LogP contribution in [0, 0.1) is 11.3 Å². The molecule has 0 aromatic rings. The van der Waals surface area contributed by atoms with Crippen LogP contribution in [0.25, 0.3) is 0 Å². The number of rotatable bonds is 5. The Labute approximate surface area is 128 Å². The maximum Gasteiger partial charge on any atom is 0.373 e. The molecule has 2 aliphatic carbocycles. The van der Waals surface area contributed by atoms with E-state index in [0.717, 1.165) is 12.8 Å². The Morgan fingerprint density at radius 2 is 2.23 bits per heavy atom. The van der Waals surface area contributed by atoms with Gasteiger partial charge in [0.25, 0.3) is 0 Å². The van der Waals surface area contributed by atoms with Gasteiger partial charge < -0.3 is 4.74 Å². The average Bonchev–Trinajstić information content (AvgIpc) is 2.36. The Balaban J connectivity index is 1.97. The predicted octanol–water partition coefficient (Wildman–Crippen LogP) is 2.93. The number of carbonyl (C=O) groups is 1. The fraction of sp³-hybridized carbons (Fsp3) is 0.786. The van der Waals surface area contributed by atoms with E-state index in [0.29, 0.717) is 19.3 Å². The second-order valence-corrected chi connectivity index (χ2v) is 7.86. The molecule has 2 aliphatic rings. The summed E-state index contributed by atoms with van der Waals surface area (Å²) in [6.45, 7) is 1.26. The molecule has 2 bridgehead atoms. The fourth-order valence-corrected chi connectivity index (χ4v) is 3.80. The van der Waals surface area contributed by atoms with Gasteiger partial charge in [-0.2, -0.15) is 17.2 Å². The van der Waals surface area contributed by atoms with Crippen LogP contribution in [0.3, 0.4) is 0 Å². The molecule has 2 atom stereocenters. The topological polar surface area (TPSA) is 80.7 Å². The first-order valence-corrected chi connectivity index (χ1v) is 8.71. The monoisotopic (exact) mass is 338 g/mol. The van der Waals surface area contributed by atoms with Crippen LogP contribution >= 0.6 is 0 Å². The molecule has 0 amide bonds. The zero-order valence-electron chi connectivity index (χ0n) is 12.3. The summed E-state index contributed by atoms with van der Waals surface area (Å²) in [4.78, 5) is 12.3. The maximum atomic E-state index is 13.1. The maximum absolute atomic E-state index is 13.1. The summed E-state index contributed by atoms with van der Waals surface area (Å²) in [5.74, 6) is -0.313. The van der Waals surface area contributed by atoms with Crippen molar-refractivity contribution in [3.8, 4) is 0 Å². The number of hydrogen-bond donors (Lipinski definition) is 1. The van der Waals surface area contributed by atoms with E-state index in [-0.39, 0.29) is 5.92 Å². The van der Waals surface area contributed by atoms with Gasteiger partial charge in [0, 0.05) is 0 Å². The number of halogens is 2. The van der Waals surface area contributed by atoms with E-state index in [1.54, 1.807) is 0 Å². The summed E-state index contributed by atoms with van der Waals surface area (Å²) >= 11 is 0. The molecule has 1 fully saturated rings. The summed E-state index contributed by atoms with van der Waals surface area (Å²) in [6, 6.07) is 0. The third-order valence-electron chi connectivity index (χ3n) is 4.39. The molecule has 22 heavy (non-hydrogen) atoms. The smallest absolute Gasteiger partial charge is 0.373 e. The Morgan fingerprint density at radius 1 is 1.55 bits per heavy atom. The molecule has 2 rings (SSSR count). The van der Waals surface area contributed by atoms with Crippen molar-refractivity contribution in [1.29, 1.82) is 0 Å². The summed E-state index contributed by atoms with van der Waals surface area (Å²) in [6.07, 6.45) is 4.56. The van der Waals surface area contributed by atoms with Crippen molar-refractivity contribution in [2.75, 3.05) is 6.61 Å². The number of ether oxygens (including phenoxy) is 1. The molecule has 0 radical (unpaired) electrons. The minimum atomic E-state index is -5.49. The lowest BCUT2D eigenvalue weighted by atomic mass is 9.64. The standard InChI is InChI=1S/C14H20F2O5S/c1-10-7-11-3-2-4-13(8-10,9-11)12(17)21-6-5-14(15,16)22(18,19)20/h7,10H,2-6,8-9H2,1H3,(H,18,19,20). The van der Waals surface area contributed by atoms with E-state index in [2.05, 4.69) is 6.08 Å². The van der Waals surface area contributed by atoms with Gasteiger partial charge in [0.1, 0.15) is 0 Å². The van der Waals surface area contributed by atoms with Crippen molar-refractivity contribution in [3.05, 3.63) is 11.6 Å². The molecule has 1 saturated carbocycles. The van der Waals surface area contributed by atoms with Crippen LogP contribution in [0.1, 0.15) is 45.4 Å². The van der Waals surface area contributed by atoms with Gasteiger partial charge in [0.05, 0.1) is 18.4 Å². The number of alkyl halides is 2. The number of hydrogen-bond acceptors (Lipinski definition) is 4. The predicted molar refractivity (Wildman–Crippen MR) is 74.8 cm³/mol. The lowest BCUT2D eigenvalue weighted by molar-refractivity contribution is -0.160. The lowest BCUT2D eigenvalue weighted by Crippen LogP contribution is -2.40. The van der Waals surface area contributed by atoms with Gasteiger partial charge in [-0.15, -0.1) is 0 Å². The normalized spacial score (nSPS) is 28.9. The van der Waals surface area contributed by atoms with Gasteiger partial charge in [-0.3, -0.25) is 9.35 Å². The molecule has 2 unspecified atom stereocenters. The van der Waals surface area contributed by atoms with E-state index >= 15 is 0 Å². The molecule has 0 aromatic heterocycles. The fourth-order valence-electron chi connectivity index (χ4n) is 3.46. The Morgan fingerprint density at radius 3 is 2.86 bits per heavy atom. The third kappa shape index (κ3) is 3.48. The molecule has 5 nitrogen and oxygen atoms in total. The number of fused-ring (bicyclic) bond motifs is 2. The van der Waals surface area contributed by atoms with E-state index in [1.807, 2.05) is 6.92 Å². The molecule has 0 spiro atoms. The van der Waals surface area contributed by atoms with Crippen LogP contribution < -0.4 is 0 Å². The molecular weight excluding hydrogens is 318 g/mol. The molecule has 0 aliphatic heterocycles.